The van der Waals surface area contributed by atoms with Gasteiger partial charge < -0.3 is 19.7 Å². The van der Waals surface area contributed by atoms with Gasteiger partial charge in [0.15, 0.2) is 10.0 Å². The average Bonchev–Trinajstić information content (AvgIpc) is 3.23. The van der Waals surface area contributed by atoms with Gasteiger partial charge in [-0.2, -0.15) is 5.10 Å². The Morgan fingerprint density at radius 3 is 2.43 bits per heavy atom. The van der Waals surface area contributed by atoms with E-state index in [1.165, 1.54) is 12.3 Å². The van der Waals surface area contributed by atoms with Gasteiger partial charge in [-0.05, 0) is 25.8 Å². The molecule has 0 bridgehead atoms. The summed E-state index contributed by atoms with van der Waals surface area (Å²) in [6.45, 7) is 3.82. The molecule has 2 aliphatic rings. The second-order valence-electron chi connectivity index (χ2n) is 9.69. The quantitative estimate of drug-likeness (QED) is 0.386. The number of halogens is 2. The van der Waals surface area contributed by atoms with Gasteiger partial charge in [-0.1, -0.05) is 11.3 Å². The van der Waals surface area contributed by atoms with E-state index in [1.54, 1.807) is 24.8 Å². The van der Waals surface area contributed by atoms with Crippen LogP contribution >= 0.6 is 11.3 Å². The number of anilines is 1. The highest BCUT2D eigenvalue weighted by atomic mass is 32.2. The number of ether oxygens (including phenoxy) is 2. The number of alkyl halides is 2. The highest BCUT2D eigenvalue weighted by Crippen LogP contribution is 2.38. The minimum absolute atomic E-state index is 0.0375. The SMILES string of the molecule is COC[C@H]1CN(c2cc(S(=O)(=O)NC3(C)CC3)cc3c(-c4nnc(C(F)F)s4)cnn23)C[C@H](COC)N1. The van der Waals surface area contributed by atoms with Crippen LogP contribution in [0.5, 0.6) is 0 Å². The smallest absolute Gasteiger partial charge is 0.291 e. The monoisotopic (exact) mass is 557 g/mol. The maximum absolute atomic E-state index is 13.4. The number of nitrogens with one attached hydrogen (secondary N) is 2. The molecule has 0 aromatic carbocycles. The molecular weight excluding hydrogens is 528 g/mol. The van der Waals surface area contributed by atoms with Crippen molar-refractivity contribution in [3.8, 4) is 10.6 Å². The lowest BCUT2D eigenvalue weighted by Gasteiger charge is -2.39. The lowest BCUT2D eigenvalue weighted by Crippen LogP contribution is -2.59. The number of rotatable bonds is 10. The molecule has 11 nitrogen and oxygen atoms in total. The molecule has 2 atom stereocenters. The van der Waals surface area contributed by atoms with Crippen LogP contribution in [0.15, 0.2) is 23.2 Å². The Bertz CT molecular complexity index is 1360. The van der Waals surface area contributed by atoms with Gasteiger partial charge in [0, 0.05) is 51.0 Å². The van der Waals surface area contributed by atoms with Gasteiger partial charge in [-0.25, -0.2) is 26.4 Å². The van der Waals surface area contributed by atoms with Crippen molar-refractivity contribution in [2.24, 2.45) is 0 Å². The standard InChI is InChI=1S/C22H29F2N7O4S2/c1-22(4-5-22)29-37(32,33)15-6-17-16(20-27-28-21(36-20)19(23)24)8-25-31(17)18(7-15)30-9-13(11-34-2)26-14(10-30)12-35-3/h6-8,13-14,19,26,29H,4-5,9-12H2,1-3H3/t13-,14-/m1/s1. The minimum atomic E-state index is -3.88. The number of methoxy groups -OCH3 is 2. The van der Waals surface area contributed by atoms with E-state index >= 15 is 0 Å². The van der Waals surface area contributed by atoms with Gasteiger partial charge >= 0.3 is 0 Å². The summed E-state index contributed by atoms with van der Waals surface area (Å²) in [6, 6.07) is 3.03. The Hall–Kier alpha value is -2.30. The first-order valence-electron chi connectivity index (χ1n) is 11.8. The van der Waals surface area contributed by atoms with Gasteiger partial charge in [0.2, 0.25) is 10.0 Å². The van der Waals surface area contributed by atoms with Gasteiger partial charge in [-0.3, -0.25) is 0 Å². The first kappa shape index (κ1) is 26.3. The predicted molar refractivity (Wildman–Crippen MR) is 134 cm³/mol. The molecule has 1 aliphatic carbocycles. The Morgan fingerprint density at radius 2 is 1.86 bits per heavy atom. The lowest BCUT2D eigenvalue weighted by molar-refractivity contribution is 0.121. The summed E-state index contributed by atoms with van der Waals surface area (Å²) in [7, 11) is -0.632. The molecule has 2 fully saturated rings. The zero-order chi connectivity index (χ0) is 26.4. The van der Waals surface area contributed by atoms with Crippen LogP contribution in [-0.4, -0.2) is 86.4 Å². The fourth-order valence-electron chi connectivity index (χ4n) is 4.53. The Morgan fingerprint density at radius 1 is 1.19 bits per heavy atom. The van der Waals surface area contributed by atoms with Crippen LogP contribution in [0.2, 0.25) is 0 Å². The van der Waals surface area contributed by atoms with E-state index in [0.29, 0.717) is 43.2 Å². The summed E-state index contributed by atoms with van der Waals surface area (Å²) in [4.78, 5) is 2.10. The summed E-state index contributed by atoms with van der Waals surface area (Å²) in [5, 5.41) is 15.3. The van der Waals surface area contributed by atoms with Gasteiger partial charge in [-0.15, -0.1) is 10.2 Å². The summed E-state index contributed by atoms with van der Waals surface area (Å²) in [5.41, 5.74) is 0.389. The number of nitrogens with zero attached hydrogens (tertiary/aromatic N) is 5. The Labute approximate surface area is 217 Å². The van der Waals surface area contributed by atoms with Crippen molar-refractivity contribution < 1.29 is 26.7 Å². The average molecular weight is 558 g/mol. The number of piperazine rings is 1. The molecule has 1 saturated heterocycles. The fourth-order valence-corrected chi connectivity index (χ4v) is 6.75. The maximum Gasteiger partial charge on any atom is 0.291 e. The van der Waals surface area contributed by atoms with Crippen molar-refractivity contribution in [3.05, 3.63) is 23.3 Å². The molecule has 0 unspecified atom stereocenters. The van der Waals surface area contributed by atoms with E-state index in [1.807, 2.05) is 11.8 Å². The molecule has 37 heavy (non-hydrogen) atoms. The molecule has 3 aromatic rings. The zero-order valence-corrected chi connectivity index (χ0v) is 22.3. The van der Waals surface area contributed by atoms with Crippen molar-refractivity contribution in [2.75, 3.05) is 45.4 Å². The van der Waals surface area contributed by atoms with Crippen molar-refractivity contribution in [1.29, 1.82) is 0 Å². The second kappa shape index (κ2) is 10.1. The molecule has 1 aliphatic heterocycles. The first-order valence-corrected chi connectivity index (χ1v) is 14.1. The molecule has 0 spiro atoms. The van der Waals surface area contributed by atoms with E-state index in [9.17, 15) is 17.2 Å². The Kier molecular flexibility index (Phi) is 7.19. The molecule has 202 valence electrons. The van der Waals surface area contributed by atoms with Crippen LogP contribution in [0, 0.1) is 0 Å². The largest absolute Gasteiger partial charge is 0.383 e. The predicted octanol–water partition coefficient (Wildman–Crippen LogP) is 2.06. The molecule has 2 N–H and O–H groups in total. The molecule has 0 amide bonds. The highest BCUT2D eigenvalue weighted by Gasteiger charge is 2.41. The van der Waals surface area contributed by atoms with Gasteiger partial charge in [0.25, 0.3) is 6.43 Å². The third-order valence-corrected chi connectivity index (χ3v) is 9.12. The van der Waals surface area contributed by atoms with Crippen molar-refractivity contribution in [3.63, 3.8) is 0 Å². The minimum Gasteiger partial charge on any atom is -0.383 e. The topological polar surface area (TPSA) is 123 Å². The normalized spacial score (nSPS) is 21.7. The molecule has 3 aromatic heterocycles. The summed E-state index contributed by atoms with van der Waals surface area (Å²) >= 11 is 0.755. The van der Waals surface area contributed by atoms with E-state index < -0.39 is 27.0 Å². The zero-order valence-electron chi connectivity index (χ0n) is 20.6. The van der Waals surface area contributed by atoms with E-state index in [4.69, 9.17) is 9.47 Å². The Balaban J connectivity index is 1.63. The van der Waals surface area contributed by atoms with Crippen molar-refractivity contribution >= 4 is 32.7 Å². The number of hydrogen-bond acceptors (Lipinski definition) is 10. The van der Waals surface area contributed by atoms with Crippen molar-refractivity contribution in [2.45, 2.75) is 48.7 Å². The van der Waals surface area contributed by atoms with Crippen LogP contribution in [0.1, 0.15) is 31.2 Å². The van der Waals surface area contributed by atoms with Crippen LogP contribution in [0.4, 0.5) is 14.6 Å². The number of pyridine rings is 1. The summed E-state index contributed by atoms with van der Waals surface area (Å²) in [6.07, 6.45) is 0.271. The van der Waals surface area contributed by atoms with Crippen molar-refractivity contribution in [1.82, 2.24) is 29.9 Å². The number of sulfonamides is 1. The molecule has 0 radical (unpaired) electrons. The van der Waals surface area contributed by atoms with Crippen LogP contribution in [-0.2, 0) is 19.5 Å². The number of hydrogen-bond donors (Lipinski definition) is 2. The van der Waals surface area contributed by atoms with Crippen LogP contribution in [0.25, 0.3) is 16.1 Å². The molecule has 4 heterocycles. The van der Waals surface area contributed by atoms with Gasteiger partial charge in [0.1, 0.15) is 5.82 Å². The second-order valence-corrected chi connectivity index (χ2v) is 12.4. The van der Waals surface area contributed by atoms with Crippen LogP contribution in [0.3, 0.4) is 0 Å². The fraction of sp³-hybridized carbons (Fsp3) is 0.591. The van der Waals surface area contributed by atoms with Crippen LogP contribution < -0.4 is 14.9 Å². The van der Waals surface area contributed by atoms with Gasteiger partial charge in [0.05, 0.1) is 35.4 Å². The third kappa shape index (κ3) is 5.47. The molecule has 5 rings (SSSR count). The third-order valence-electron chi connectivity index (χ3n) is 6.54. The summed E-state index contributed by atoms with van der Waals surface area (Å²) < 4.78 is 68.4. The van der Waals surface area contributed by atoms with E-state index in [-0.39, 0.29) is 22.0 Å². The summed E-state index contributed by atoms with van der Waals surface area (Å²) in [5.74, 6) is 0.548. The molecule has 15 heteroatoms. The first-order chi connectivity index (χ1) is 17.6. The maximum atomic E-state index is 13.4. The molecule has 1 saturated carbocycles. The highest BCUT2D eigenvalue weighted by molar-refractivity contribution is 7.89. The van der Waals surface area contributed by atoms with E-state index in [2.05, 4.69) is 25.3 Å². The molecular formula is C22H29F2N7O4S2. The number of aromatic nitrogens is 4. The lowest BCUT2D eigenvalue weighted by atomic mass is 10.1. The number of fused-ring (bicyclic) bond motifs is 1. The van der Waals surface area contributed by atoms with E-state index in [0.717, 1.165) is 24.2 Å².